The summed E-state index contributed by atoms with van der Waals surface area (Å²) < 4.78 is 13.2. The van der Waals surface area contributed by atoms with Crippen LogP contribution in [-0.4, -0.2) is 19.7 Å². The van der Waals surface area contributed by atoms with Crippen molar-refractivity contribution in [2.75, 3.05) is 0 Å². The molecule has 0 atom stereocenters. The van der Waals surface area contributed by atoms with Gasteiger partial charge in [0.1, 0.15) is 5.58 Å². The van der Waals surface area contributed by atoms with Crippen molar-refractivity contribution in [3.8, 4) is 11.7 Å². The molecule has 4 aromatic rings. The highest BCUT2D eigenvalue weighted by atomic mass is 35.5. The molecule has 0 amide bonds. The van der Waals surface area contributed by atoms with E-state index in [9.17, 15) is 4.79 Å². The topological polar surface area (TPSA) is 87.0 Å². The van der Waals surface area contributed by atoms with Gasteiger partial charge >= 0.3 is 0 Å². The summed E-state index contributed by atoms with van der Waals surface area (Å²) in [6, 6.07) is 6.24. The fourth-order valence-corrected chi connectivity index (χ4v) is 3.20. The summed E-state index contributed by atoms with van der Waals surface area (Å²) in [7, 11) is 0. The SMILES string of the molecule is Cc1ncn(CCCCc2noc(-c3cc(=O)c4cc(Cl)ccc4o3)n2)c1C. The van der Waals surface area contributed by atoms with Gasteiger partial charge < -0.3 is 13.5 Å². The molecule has 0 unspecified atom stereocenters. The van der Waals surface area contributed by atoms with Crippen molar-refractivity contribution < 1.29 is 8.94 Å². The second-order valence-corrected chi connectivity index (χ2v) is 7.13. The zero-order chi connectivity index (χ0) is 19.7. The molecule has 3 heterocycles. The number of imidazole rings is 1. The Balaban J connectivity index is 1.43. The molecule has 0 fully saturated rings. The van der Waals surface area contributed by atoms with Gasteiger partial charge in [0, 0.05) is 29.7 Å². The Hall–Kier alpha value is -2.93. The van der Waals surface area contributed by atoms with Gasteiger partial charge in [0.2, 0.25) is 0 Å². The lowest BCUT2D eigenvalue weighted by Gasteiger charge is -2.04. The number of hydrogen-bond donors (Lipinski definition) is 0. The van der Waals surface area contributed by atoms with E-state index in [0.717, 1.165) is 25.1 Å². The molecule has 0 spiro atoms. The smallest absolute Gasteiger partial charge is 0.293 e. The highest BCUT2D eigenvalue weighted by Gasteiger charge is 2.14. The maximum atomic E-state index is 12.3. The number of aromatic nitrogens is 4. The summed E-state index contributed by atoms with van der Waals surface area (Å²) in [4.78, 5) is 21.0. The van der Waals surface area contributed by atoms with Crippen LogP contribution in [0.3, 0.4) is 0 Å². The second-order valence-electron chi connectivity index (χ2n) is 6.70. The third kappa shape index (κ3) is 3.71. The van der Waals surface area contributed by atoms with E-state index in [1.54, 1.807) is 18.2 Å². The van der Waals surface area contributed by atoms with Crippen LogP contribution in [0.2, 0.25) is 5.02 Å². The normalized spacial score (nSPS) is 11.4. The molecule has 28 heavy (non-hydrogen) atoms. The Bertz CT molecular complexity index is 1190. The third-order valence-electron chi connectivity index (χ3n) is 4.76. The molecule has 0 bridgehead atoms. The molecule has 0 radical (unpaired) electrons. The monoisotopic (exact) mass is 398 g/mol. The maximum absolute atomic E-state index is 12.3. The summed E-state index contributed by atoms with van der Waals surface area (Å²) >= 11 is 5.93. The molecule has 8 heteroatoms. The fourth-order valence-electron chi connectivity index (χ4n) is 3.02. The first-order valence-electron chi connectivity index (χ1n) is 9.06. The molecule has 4 rings (SSSR count). The van der Waals surface area contributed by atoms with Gasteiger partial charge in [-0.2, -0.15) is 4.98 Å². The zero-order valence-electron chi connectivity index (χ0n) is 15.6. The number of nitrogens with zero attached hydrogens (tertiary/aromatic N) is 4. The standard InChI is InChI=1S/C20H19ClN4O3/c1-12-13(2)25(11-22-12)8-4-3-5-19-23-20(28-24-19)18-10-16(26)15-9-14(21)6-7-17(15)27-18/h6-7,9-11H,3-5,8H2,1-2H3. The first-order valence-corrected chi connectivity index (χ1v) is 9.44. The Morgan fingerprint density at radius 2 is 2.04 bits per heavy atom. The zero-order valence-corrected chi connectivity index (χ0v) is 16.4. The van der Waals surface area contributed by atoms with Crippen molar-refractivity contribution in [2.24, 2.45) is 0 Å². The lowest BCUT2D eigenvalue weighted by molar-refractivity contribution is 0.409. The first kappa shape index (κ1) is 18.4. The molecule has 0 aliphatic rings. The predicted molar refractivity (Wildman–Crippen MR) is 105 cm³/mol. The molecule has 0 N–H and O–H groups in total. The van der Waals surface area contributed by atoms with Gasteiger partial charge in [-0.3, -0.25) is 4.79 Å². The minimum atomic E-state index is -0.204. The highest BCUT2D eigenvalue weighted by Crippen LogP contribution is 2.23. The lowest BCUT2D eigenvalue weighted by Crippen LogP contribution is -2.01. The van der Waals surface area contributed by atoms with Crippen LogP contribution in [0.4, 0.5) is 0 Å². The second kappa shape index (κ2) is 7.59. The molecule has 144 valence electrons. The minimum absolute atomic E-state index is 0.199. The van der Waals surface area contributed by atoms with Crippen molar-refractivity contribution in [3.63, 3.8) is 0 Å². The molecule has 0 aliphatic carbocycles. The van der Waals surface area contributed by atoms with Crippen molar-refractivity contribution in [1.82, 2.24) is 19.7 Å². The van der Waals surface area contributed by atoms with Crippen LogP contribution in [0.25, 0.3) is 22.6 Å². The van der Waals surface area contributed by atoms with Crippen LogP contribution in [-0.2, 0) is 13.0 Å². The van der Waals surface area contributed by atoms with Crippen LogP contribution in [0.15, 0.2) is 44.3 Å². The van der Waals surface area contributed by atoms with E-state index in [1.165, 1.54) is 11.8 Å². The Labute approximate surface area is 166 Å². The van der Waals surface area contributed by atoms with Crippen LogP contribution in [0, 0.1) is 13.8 Å². The molecular formula is C20H19ClN4O3. The number of halogens is 1. The van der Waals surface area contributed by atoms with Gasteiger partial charge in [-0.1, -0.05) is 16.8 Å². The van der Waals surface area contributed by atoms with Crippen LogP contribution in [0.1, 0.15) is 30.1 Å². The average Bonchev–Trinajstić information content (AvgIpc) is 3.27. The third-order valence-corrected chi connectivity index (χ3v) is 5.00. The maximum Gasteiger partial charge on any atom is 0.293 e. The van der Waals surface area contributed by atoms with E-state index < -0.39 is 0 Å². The Morgan fingerprint density at radius 3 is 2.82 bits per heavy atom. The fraction of sp³-hybridized carbons (Fsp3) is 0.300. The minimum Gasteiger partial charge on any atom is -0.451 e. The Kier molecular flexibility index (Phi) is 5.00. The highest BCUT2D eigenvalue weighted by molar-refractivity contribution is 6.31. The summed E-state index contributed by atoms with van der Waals surface area (Å²) in [5.74, 6) is 1.04. The number of hydrogen-bond acceptors (Lipinski definition) is 6. The number of unbranched alkanes of at least 4 members (excludes halogenated alkanes) is 1. The molecule has 3 aromatic heterocycles. The van der Waals surface area contributed by atoms with Crippen molar-refractivity contribution in [2.45, 2.75) is 39.7 Å². The van der Waals surface area contributed by atoms with Crippen molar-refractivity contribution in [3.05, 3.63) is 63.1 Å². The van der Waals surface area contributed by atoms with Gasteiger partial charge in [-0.15, -0.1) is 0 Å². The van der Waals surface area contributed by atoms with Crippen molar-refractivity contribution >= 4 is 22.6 Å². The predicted octanol–water partition coefficient (Wildman–Crippen LogP) is 4.33. The van der Waals surface area contributed by atoms with Crippen molar-refractivity contribution in [1.29, 1.82) is 0 Å². The van der Waals surface area contributed by atoms with Gasteiger partial charge in [0.15, 0.2) is 17.0 Å². The van der Waals surface area contributed by atoms with Gasteiger partial charge in [-0.25, -0.2) is 4.98 Å². The molecule has 0 aliphatic heterocycles. The largest absolute Gasteiger partial charge is 0.451 e. The summed E-state index contributed by atoms with van der Waals surface area (Å²) in [5.41, 5.74) is 2.47. The van der Waals surface area contributed by atoms with E-state index >= 15 is 0 Å². The van der Waals surface area contributed by atoms with E-state index in [0.29, 0.717) is 28.2 Å². The van der Waals surface area contributed by atoms with E-state index in [-0.39, 0.29) is 17.1 Å². The van der Waals surface area contributed by atoms with Crippen LogP contribution >= 0.6 is 11.6 Å². The van der Waals surface area contributed by atoms with Crippen LogP contribution in [0.5, 0.6) is 0 Å². The number of benzene rings is 1. The first-order chi connectivity index (χ1) is 13.5. The molecule has 0 saturated carbocycles. The average molecular weight is 399 g/mol. The quantitative estimate of drug-likeness (QED) is 0.449. The summed E-state index contributed by atoms with van der Waals surface area (Å²) in [6.45, 7) is 4.98. The summed E-state index contributed by atoms with van der Waals surface area (Å²) in [5, 5.41) is 4.89. The van der Waals surface area contributed by atoms with E-state index in [2.05, 4.69) is 26.6 Å². The summed E-state index contributed by atoms with van der Waals surface area (Å²) in [6.07, 6.45) is 4.44. The van der Waals surface area contributed by atoms with E-state index in [1.807, 2.05) is 13.3 Å². The lowest BCUT2D eigenvalue weighted by atomic mass is 10.2. The molecule has 7 nitrogen and oxygen atoms in total. The molecule has 0 saturated heterocycles. The van der Waals surface area contributed by atoms with Gasteiger partial charge in [0.05, 0.1) is 17.4 Å². The number of aryl methyl sites for hydroxylation is 3. The number of rotatable bonds is 6. The number of fused-ring (bicyclic) bond motifs is 1. The van der Waals surface area contributed by atoms with Gasteiger partial charge in [0.25, 0.3) is 5.89 Å². The van der Waals surface area contributed by atoms with Gasteiger partial charge in [-0.05, 0) is 44.9 Å². The van der Waals surface area contributed by atoms with E-state index in [4.69, 9.17) is 20.5 Å². The Morgan fingerprint density at radius 1 is 1.18 bits per heavy atom. The molecule has 1 aromatic carbocycles. The molecular weight excluding hydrogens is 380 g/mol. The van der Waals surface area contributed by atoms with Crippen LogP contribution < -0.4 is 5.43 Å².